The van der Waals surface area contributed by atoms with Crippen LogP contribution in [0.1, 0.15) is 23.8 Å². The third kappa shape index (κ3) is 3.15. The highest BCUT2D eigenvalue weighted by Crippen LogP contribution is 2.32. The molecule has 25 heavy (non-hydrogen) atoms. The molecule has 1 aliphatic rings. The molecule has 3 aromatic rings. The number of aryl methyl sites for hydroxylation is 1. The minimum Gasteiger partial charge on any atom is -0.339 e. The number of hydrogen-bond donors (Lipinski definition) is 0. The van der Waals surface area contributed by atoms with Gasteiger partial charge in [0.15, 0.2) is 0 Å². The number of halogens is 1. The van der Waals surface area contributed by atoms with Crippen LogP contribution in [-0.4, -0.2) is 22.6 Å². The van der Waals surface area contributed by atoms with Crippen molar-refractivity contribution < 1.29 is 9.32 Å². The SMILES string of the molecule is Cc1ccc(-c2noc([C@H]3CC(=O)N(c4ccc(Cl)cc4)C3)n2)cc1. The third-order valence-corrected chi connectivity index (χ3v) is 4.62. The molecular formula is C19H16ClN3O2. The van der Waals surface area contributed by atoms with Crippen LogP contribution in [0.2, 0.25) is 5.02 Å². The monoisotopic (exact) mass is 353 g/mol. The van der Waals surface area contributed by atoms with Gasteiger partial charge in [-0.25, -0.2) is 0 Å². The third-order valence-electron chi connectivity index (χ3n) is 4.36. The molecule has 0 N–H and O–H groups in total. The van der Waals surface area contributed by atoms with Crippen molar-refractivity contribution in [3.63, 3.8) is 0 Å². The van der Waals surface area contributed by atoms with Crippen LogP contribution in [0, 0.1) is 6.92 Å². The highest BCUT2D eigenvalue weighted by molar-refractivity contribution is 6.30. The quantitative estimate of drug-likeness (QED) is 0.707. The van der Waals surface area contributed by atoms with Gasteiger partial charge in [0.25, 0.3) is 0 Å². The molecule has 1 atom stereocenters. The van der Waals surface area contributed by atoms with E-state index in [1.54, 1.807) is 17.0 Å². The second-order valence-electron chi connectivity index (χ2n) is 6.20. The molecule has 4 rings (SSSR count). The van der Waals surface area contributed by atoms with Gasteiger partial charge >= 0.3 is 0 Å². The standard InChI is InChI=1S/C19H16ClN3O2/c1-12-2-4-13(5-3-12)18-21-19(25-22-18)14-10-17(24)23(11-14)16-8-6-15(20)7-9-16/h2-9,14H,10-11H2,1H3/t14-/m0/s1. The number of hydrogen-bond acceptors (Lipinski definition) is 4. The molecule has 1 fully saturated rings. The second-order valence-corrected chi connectivity index (χ2v) is 6.64. The summed E-state index contributed by atoms with van der Waals surface area (Å²) in [6, 6.07) is 15.2. The summed E-state index contributed by atoms with van der Waals surface area (Å²) in [7, 11) is 0. The molecule has 0 saturated carbocycles. The van der Waals surface area contributed by atoms with Gasteiger partial charge < -0.3 is 9.42 Å². The zero-order valence-electron chi connectivity index (χ0n) is 13.6. The summed E-state index contributed by atoms with van der Waals surface area (Å²) >= 11 is 5.91. The van der Waals surface area contributed by atoms with Crippen LogP contribution in [0.15, 0.2) is 53.1 Å². The maximum Gasteiger partial charge on any atom is 0.232 e. The molecule has 2 aromatic carbocycles. The first-order chi connectivity index (χ1) is 12.1. The van der Waals surface area contributed by atoms with Crippen molar-refractivity contribution in [1.29, 1.82) is 0 Å². The average molecular weight is 354 g/mol. The lowest BCUT2D eigenvalue weighted by Crippen LogP contribution is -2.24. The predicted molar refractivity (Wildman–Crippen MR) is 95.6 cm³/mol. The van der Waals surface area contributed by atoms with Crippen molar-refractivity contribution in [3.8, 4) is 11.4 Å². The predicted octanol–water partition coefficient (Wildman–Crippen LogP) is 4.22. The van der Waals surface area contributed by atoms with Gasteiger partial charge in [0.2, 0.25) is 17.6 Å². The zero-order valence-corrected chi connectivity index (χ0v) is 14.4. The van der Waals surface area contributed by atoms with Gasteiger partial charge in [0.1, 0.15) is 0 Å². The van der Waals surface area contributed by atoms with Gasteiger partial charge in [-0.1, -0.05) is 46.6 Å². The van der Waals surface area contributed by atoms with Crippen molar-refractivity contribution in [1.82, 2.24) is 10.1 Å². The van der Waals surface area contributed by atoms with Gasteiger partial charge in [-0.2, -0.15) is 4.98 Å². The minimum atomic E-state index is -0.102. The molecule has 0 aliphatic carbocycles. The van der Waals surface area contributed by atoms with Crippen LogP contribution in [0.5, 0.6) is 0 Å². The van der Waals surface area contributed by atoms with Crippen molar-refractivity contribution in [3.05, 3.63) is 65.0 Å². The minimum absolute atomic E-state index is 0.0439. The Morgan fingerprint density at radius 3 is 2.56 bits per heavy atom. The molecular weight excluding hydrogens is 338 g/mol. The molecule has 6 heteroatoms. The van der Waals surface area contributed by atoms with E-state index in [0.29, 0.717) is 29.7 Å². The number of carbonyl (C=O) groups is 1. The molecule has 0 radical (unpaired) electrons. The van der Waals surface area contributed by atoms with Gasteiger partial charge in [-0.05, 0) is 31.2 Å². The van der Waals surface area contributed by atoms with Crippen molar-refractivity contribution in [2.75, 3.05) is 11.4 Å². The fraction of sp³-hybridized carbons (Fsp3) is 0.211. The Kier molecular flexibility index (Phi) is 4.01. The van der Waals surface area contributed by atoms with Crippen molar-refractivity contribution >= 4 is 23.2 Å². The lowest BCUT2D eigenvalue weighted by molar-refractivity contribution is -0.117. The van der Waals surface area contributed by atoms with E-state index in [0.717, 1.165) is 11.3 Å². The smallest absolute Gasteiger partial charge is 0.232 e. The Bertz CT molecular complexity index is 903. The molecule has 126 valence electrons. The van der Waals surface area contributed by atoms with Crippen LogP contribution in [-0.2, 0) is 4.79 Å². The summed E-state index contributed by atoms with van der Waals surface area (Å²) in [5.74, 6) is 0.991. The first kappa shape index (κ1) is 15.8. The highest BCUT2D eigenvalue weighted by Gasteiger charge is 2.35. The molecule has 0 unspecified atom stereocenters. The van der Waals surface area contributed by atoms with E-state index in [4.69, 9.17) is 16.1 Å². The number of aromatic nitrogens is 2. The normalized spacial score (nSPS) is 17.3. The molecule has 5 nitrogen and oxygen atoms in total. The number of carbonyl (C=O) groups excluding carboxylic acids is 1. The highest BCUT2D eigenvalue weighted by atomic mass is 35.5. The van der Waals surface area contributed by atoms with E-state index < -0.39 is 0 Å². The lowest BCUT2D eigenvalue weighted by atomic mass is 10.1. The fourth-order valence-corrected chi connectivity index (χ4v) is 3.09. The Hall–Kier alpha value is -2.66. The maximum atomic E-state index is 12.4. The van der Waals surface area contributed by atoms with Crippen molar-refractivity contribution in [2.24, 2.45) is 0 Å². The van der Waals surface area contributed by atoms with Crippen LogP contribution in [0.3, 0.4) is 0 Å². The summed E-state index contributed by atoms with van der Waals surface area (Å²) in [6.45, 7) is 2.55. The van der Waals surface area contributed by atoms with Crippen molar-refractivity contribution in [2.45, 2.75) is 19.3 Å². The topological polar surface area (TPSA) is 59.2 Å². The van der Waals surface area contributed by atoms with E-state index in [2.05, 4.69) is 10.1 Å². The average Bonchev–Trinajstić information content (AvgIpc) is 3.23. The number of rotatable bonds is 3. The molecule has 0 spiro atoms. The van der Waals surface area contributed by atoms with Gasteiger partial charge in [0, 0.05) is 29.2 Å². The number of amides is 1. The molecule has 1 saturated heterocycles. The summed E-state index contributed by atoms with van der Waals surface area (Å²) in [6.07, 6.45) is 0.359. The molecule has 2 heterocycles. The summed E-state index contributed by atoms with van der Waals surface area (Å²) in [5.41, 5.74) is 2.90. The van der Waals surface area contributed by atoms with E-state index in [9.17, 15) is 4.79 Å². The van der Waals surface area contributed by atoms with Crippen LogP contribution < -0.4 is 4.90 Å². The Labute approximate surface area is 150 Å². The molecule has 1 aliphatic heterocycles. The van der Waals surface area contributed by atoms with E-state index in [1.807, 2.05) is 43.3 Å². The first-order valence-electron chi connectivity index (χ1n) is 8.07. The Morgan fingerprint density at radius 2 is 1.84 bits per heavy atom. The fourth-order valence-electron chi connectivity index (χ4n) is 2.96. The molecule has 1 aromatic heterocycles. The summed E-state index contributed by atoms with van der Waals surface area (Å²) < 4.78 is 5.42. The Morgan fingerprint density at radius 1 is 1.12 bits per heavy atom. The number of benzene rings is 2. The zero-order chi connectivity index (χ0) is 17.4. The summed E-state index contributed by atoms with van der Waals surface area (Å²) in [5, 5.41) is 4.71. The Balaban J connectivity index is 1.54. The van der Waals surface area contributed by atoms with Gasteiger partial charge in [0.05, 0.1) is 5.92 Å². The van der Waals surface area contributed by atoms with Gasteiger partial charge in [-0.15, -0.1) is 0 Å². The molecule has 0 bridgehead atoms. The first-order valence-corrected chi connectivity index (χ1v) is 8.44. The summed E-state index contributed by atoms with van der Waals surface area (Å²) in [4.78, 5) is 18.6. The van der Waals surface area contributed by atoms with Crippen LogP contribution >= 0.6 is 11.6 Å². The van der Waals surface area contributed by atoms with Gasteiger partial charge in [-0.3, -0.25) is 4.79 Å². The van der Waals surface area contributed by atoms with E-state index in [-0.39, 0.29) is 11.8 Å². The van der Waals surface area contributed by atoms with Crippen LogP contribution in [0.4, 0.5) is 5.69 Å². The second kappa shape index (κ2) is 6.33. The van der Waals surface area contributed by atoms with E-state index >= 15 is 0 Å². The maximum absolute atomic E-state index is 12.4. The van der Waals surface area contributed by atoms with Crippen LogP contribution in [0.25, 0.3) is 11.4 Å². The molecule has 1 amide bonds. The number of nitrogens with zero attached hydrogens (tertiary/aromatic N) is 3. The lowest BCUT2D eigenvalue weighted by Gasteiger charge is -2.15. The van der Waals surface area contributed by atoms with E-state index in [1.165, 1.54) is 5.56 Å². The number of anilines is 1. The largest absolute Gasteiger partial charge is 0.339 e.